The topological polar surface area (TPSA) is 86.5 Å². The largest absolute Gasteiger partial charge is 0.481 e. The van der Waals surface area contributed by atoms with Crippen LogP contribution in [0.1, 0.15) is 19.3 Å². The first-order chi connectivity index (χ1) is 9.22. The first-order valence-corrected chi connectivity index (χ1v) is 6.09. The van der Waals surface area contributed by atoms with Crippen molar-refractivity contribution >= 4 is 17.0 Å². The Hall–Kier alpha value is -2.31. The molecular weight excluding hydrogens is 250 g/mol. The molecule has 0 saturated carbocycles. The van der Waals surface area contributed by atoms with Crippen LogP contribution in [-0.2, 0) is 11.3 Å². The van der Waals surface area contributed by atoms with Gasteiger partial charge in [-0.25, -0.2) is 0 Å². The fourth-order valence-corrected chi connectivity index (χ4v) is 1.98. The highest BCUT2D eigenvalue weighted by molar-refractivity contribution is 5.78. The molecular formula is C12H13N3O4. The molecule has 0 amide bonds. The van der Waals surface area contributed by atoms with E-state index in [1.807, 2.05) is 0 Å². The van der Waals surface area contributed by atoms with E-state index in [1.165, 1.54) is 0 Å². The summed E-state index contributed by atoms with van der Waals surface area (Å²) in [5.74, 6) is 0.597. The van der Waals surface area contributed by atoms with E-state index in [2.05, 4.69) is 10.2 Å². The minimum atomic E-state index is -0.774. The lowest BCUT2D eigenvalue weighted by atomic mass is 10.2. The van der Waals surface area contributed by atoms with Crippen molar-refractivity contribution in [2.45, 2.75) is 25.8 Å². The van der Waals surface area contributed by atoms with Crippen molar-refractivity contribution in [3.63, 3.8) is 0 Å². The highest BCUT2D eigenvalue weighted by atomic mass is 16.7. The number of benzene rings is 1. The van der Waals surface area contributed by atoms with E-state index in [1.54, 1.807) is 16.9 Å². The lowest BCUT2D eigenvalue weighted by molar-refractivity contribution is -0.137. The van der Waals surface area contributed by atoms with Gasteiger partial charge in [-0.3, -0.25) is 4.79 Å². The normalized spacial score (nSPS) is 13.1. The molecule has 19 heavy (non-hydrogen) atoms. The molecule has 0 saturated heterocycles. The van der Waals surface area contributed by atoms with Crippen LogP contribution in [0.2, 0.25) is 0 Å². The van der Waals surface area contributed by atoms with Crippen LogP contribution in [0.4, 0.5) is 0 Å². The summed E-state index contributed by atoms with van der Waals surface area (Å²) in [6, 6.07) is 3.61. The molecule has 0 unspecified atom stereocenters. The molecule has 0 atom stereocenters. The van der Waals surface area contributed by atoms with Crippen molar-refractivity contribution in [1.29, 1.82) is 0 Å². The Morgan fingerprint density at radius 2 is 1.84 bits per heavy atom. The SMILES string of the molecule is O=C(O)CCCCn1nc2cc3c(cc2n1)OCO3. The molecule has 3 rings (SSSR count). The summed E-state index contributed by atoms with van der Waals surface area (Å²) in [6.45, 7) is 0.839. The summed E-state index contributed by atoms with van der Waals surface area (Å²) < 4.78 is 10.6. The first-order valence-electron chi connectivity index (χ1n) is 6.09. The maximum Gasteiger partial charge on any atom is 0.303 e. The van der Waals surface area contributed by atoms with Crippen LogP contribution in [0.15, 0.2) is 12.1 Å². The molecule has 0 radical (unpaired) electrons. The Bertz CT molecular complexity index is 582. The number of fused-ring (bicyclic) bond motifs is 2. The number of unbranched alkanes of at least 4 members (excludes halogenated alkanes) is 1. The maximum atomic E-state index is 10.4. The molecule has 1 aromatic heterocycles. The number of carboxylic acids is 1. The van der Waals surface area contributed by atoms with E-state index in [0.717, 1.165) is 17.5 Å². The molecule has 2 aromatic rings. The van der Waals surface area contributed by atoms with Gasteiger partial charge in [-0.1, -0.05) is 0 Å². The number of hydrogen-bond donors (Lipinski definition) is 1. The van der Waals surface area contributed by atoms with Crippen molar-refractivity contribution in [2.75, 3.05) is 6.79 Å². The van der Waals surface area contributed by atoms with Gasteiger partial charge in [0.05, 0.1) is 6.54 Å². The van der Waals surface area contributed by atoms with Crippen LogP contribution in [0, 0.1) is 0 Å². The lowest BCUT2D eigenvalue weighted by Crippen LogP contribution is -2.03. The minimum Gasteiger partial charge on any atom is -0.481 e. The average Bonchev–Trinajstić information content (AvgIpc) is 2.96. The lowest BCUT2D eigenvalue weighted by Gasteiger charge is -1.97. The van der Waals surface area contributed by atoms with Crippen LogP contribution in [0.5, 0.6) is 11.5 Å². The molecule has 7 nitrogen and oxygen atoms in total. The number of nitrogens with zero attached hydrogens (tertiary/aromatic N) is 3. The highest BCUT2D eigenvalue weighted by Crippen LogP contribution is 2.34. The monoisotopic (exact) mass is 263 g/mol. The molecule has 1 N–H and O–H groups in total. The quantitative estimate of drug-likeness (QED) is 0.821. The average molecular weight is 263 g/mol. The second kappa shape index (κ2) is 4.75. The molecule has 0 spiro atoms. The number of carbonyl (C=O) groups is 1. The maximum absolute atomic E-state index is 10.4. The van der Waals surface area contributed by atoms with Gasteiger partial charge >= 0.3 is 5.97 Å². The van der Waals surface area contributed by atoms with Crippen LogP contribution < -0.4 is 9.47 Å². The Morgan fingerprint density at radius 3 is 2.42 bits per heavy atom. The Kier molecular flexibility index (Phi) is 2.94. The number of ether oxygens (including phenoxy) is 2. The van der Waals surface area contributed by atoms with Gasteiger partial charge in [0.1, 0.15) is 11.0 Å². The second-order valence-electron chi connectivity index (χ2n) is 4.34. The number of aromatic nitrogens is 3. The summed E-state index contributed by atoms with van der Waals surface area (Å²) in [5, 5.41) is 17.2. The third-order valence-corrected chi connectivity index (χ3v) is 2.91. The van der Waals surface area contributed by atoms with Gasteiger partial charge in [-0.2, -0.15) is 15.0 Å². The molecule has 100 valence electrons. The van der Waals surface area contributed by atoms with Gasteiger partial charge in [0.25, 0.3) is 0 Å². The summed E-state index contributed by atoms with van der Waals surface area (Å²) in [5.41, 5.74) is 1.50. The number of aliphatic carboxylic acids is 1. The van der Waals surface area contributed by atoms with Crippen molar-refractivity contribution in [3.05, 3.63) is 12.1 Å². The number of rotatable bonds is 5. The van der Waals surface area contributed by atoms with E-state index in [9.17, 15) is 4.79 Å². The molecule has 7 heteroatoms. The predicted molar refractivity (Wildman–Crippen MR) is 65.1 cm³/mol. The van der Waals surface area contributed by atoms with E-state index < -0.39 is 5.97 Å². The smallest absolute Gasteiger partial charge is 0.303 e. The zero-order chi connectivity index (χ0) is 13.2. The molecule has 2 heterocycles. The molecule has 1 aromatic carbocycles. The molecule has 0 fully saturated rings. The summed E-state index contributed by atoms with van der Waals surface area (Å²) in [6.07, 6.45) is 1.53. The minimum absolute atomic E-state index is 0.177. The van der Waals surface area contributed by atoms with E-state index in [0.29, 0.717) is 24.5 Å². The van der Waals surface area contributed by atoms with E-state index >= 15 is 0 Å². The second-order valence-corrected chi connectivity index (χ2v) is 4.34. The summed E-state index contributed by atoms with van der Waals surface area (Å²) in [4.78, 5) is 12.0. The molecule has 1 aliphatic heterocycles. The van der Waals surface area contributed by atoms with Gasteiger partial charge < -0.3 is 14.6 Å². The first kappa shape index (κ1) is 11.8. The van der Waals surface area contributed by atoms with Crippen molar-refractivity contribution < 1.29 is 19.4 Å². The standard InChI is InChI=1S/C12H13N3O4/c16-12(17)3-1-2-4-15-13-8-5-10-11(19-7-18-10)6-9(8)14-15/h5-6H,1-4,7H2,(H,16,17). The fourth-order valence-electron chi connectivity index (χ4n) is 1.98. The zero-order valence-electron chi connectivity index (χ0n) is 10.2. The third kappa shape index (κ3) is 2.44. The predicted octanol–water partition coefficient (Wildman–Crippen LogP) is 1.41. The fraction of sp³-hybridized carbons (Fsp3) is 0.417. The number of carboxylic acid groups (broad SMARTS) is 1. The third-order valence-electron chi connectivity index (χ3n) is 2.91. The van der Waals surface area contributed by atoms with Gasteiger partial charge in [0.15, 0.2) is 11.5 Å². The van der Waals surface area contributed by atoms with Crippen molar-refractivity contribution in [2.24, 2.45) is 0 Å². The Balaban J connectivity index is 1.70. The molecule has 0 aliphatic carbocycles. The van der Waals surface area contributed by atoms with Crippen molar-refractivity contribution in [3.8, 4) is 11.5 Å². The highest BCUT2D eigenvalue weighted by Gasteiger charge is 2.16. The zero-order valence-corrected chi connectivity index (χ0v) is 10.2. The van der Waals surface area contributed by atoms with Gasteiger partial charge in [0.2, 0.25) is 6.79 Å². The van der Waals surface area contributed by atoms with E-state index in [-0.39, 0.29) is 13.2 Å². The van der Waals surface area contributed by atoms with Crippen LogP contribution in [0.3, 0.4) is 0 Å². The van der Waals surface area contributed by atoms with Crippen LogP contribution >= 0.6 is 0 Å². The number of hydrogen-bond acceptors (Lipinski definition) is 5. The van der Waals surface area contributed by atoms with Crippen LogP contribution in [-0.4, -0.2) is 32.9 Å². The molecule has 1 aliphatic rings. The summed E-state index contributed by atoms with van der Waals surface area (Å²) in [7, 11) is 0. The Labute approximate surface area is 108 Å². The van der Waals surface area contributed by atoms with Gasteiger partial charge in [0, 0.05) is 18.6 Å². The number of aryl methyl sites for hydroxylation is 1. The Morgan fingerprint density at radius 1 is 1.21 bits per heavy atom. The van der Waals surface area contributed by atoms with Gasteiger partial charge in [-0.05, 0) is 12.8 Å². The summed E-state index contributed by atoms with van der Waals surface area (Å²) >= 11 is 0. The van der Waals surface area contributed by atoms with Gasteiger partial charge in [-0.15, -0.1) is 0 Å². The van der Waals surface area contributed by atoms with Crippen molar-refractivity contribution in [1.82, 2.24) is 15.0 Å². The van der Waals surface area contributed by atoms with Crippen LogP contribution in [0.25, 0.3) is 11.0 Å². The van der Waals surface area contributed by atoms with E-state index in [4.69, 9.17) is 14.6 Å². The molecule has 0 bridgehead atoms.